The average molecular weight is 306 g/mol. The summed E-state index contributed by atoms with van der Waals surface area (Å²) in [4.78, 5) is 28.2. The summed E-state index contributed by atoms with van der Waals surface area (Å²) >= 11 is 0. The van der Waals surface area contributed by atoms with Crippen LogP contribution in [0.3, 0.4) is 0 Å². The van der Waals surface area contributed by atoms with Crippen LogP contribution in [0.1, 0.15) is 58.3 Å². The van der Waals surface area contributed by atoms with Crippen molar-refractivity contribution in [2.24, 2.45) is 5.92 Å². The van der Waals surface area contributed by atoms with Gasteiger partial charge in [0.1, 0.15) is 0 Å². The summed E-state index contributed by atoms with van der Waals surface area (Å²) in [5.41, 5.74) is 1.49. The van der Waals surface area contributed by atoms with Crippen LogP contribution in [0.25, 0.3) is 0 Å². The average Bonchev–Trinajstić information content (AvgIpc) is 2.91. The van der Waals surface area contributed by atoms with Gasteiger partial charge in [0.15, 0.2) is 0 Å². The Morgan fingerprint density at radius 2 is 2.23 bits per heavy atom. The van der Waals surface area contributed by atoms with Crippen molar-refractivity contribution in [1.82, 2.24) is 9.80 Å². The molecule has 4 nitrogen and oxygen atoms in total. The third kappa shape index (κ3) is 4.59. The number of carbonyl (C=O) groups is 2. The Balaban J connectivity index is 1.79. The predicted octanol–water partition coefficient (Wildman–Crippen LogP) is 2.98. The molecule has 0 spiro atoms. The summed E-state index contributed by atoms with van der Waals surface area (Å²) in [6.45, 7) is 4.32. The van der Waals surface area contributed by atoms with Crippen molar-refractivity contribution in [3.63, 3.8) is 0 Å². The van der Waals surface area contributed by atoms with Crippen molar-refractivity contribution in [2.75, 3.05) is 26.7 Å². The zero-order valence-electron chi connectivity index (χ0n) is 14.1. The molecule has 0 saturated carbocycles. The van der Waals surface area contributed by atoms with E-state index in [2.05, 4.69) is 13.0 Å². The fraction of sp³-hybridized carbons (Fsp3) is 0.778. The molecule has 2 rings (SSSR count). The van der Waals surface area contributed by atoms with Gasteiger partial charge in [-0.1, -0.05) is 25.0 Å². The molecular formula is C18H30N2O2. The van der Waals surface area contributed by atoms with Crippen molar-refractivity contribution in [1.29, 1.82) is 0 Å². The molecule has 1 atom stereocenters. The first-order chi connectivity index (χ1) is 10.6. The van der Waals surface area contributed by atoms with Crippen LogP contribution < -0.4 is 0 Å². The molecule has 2 amide bonds. The summed E-state index contributed by atoms with van der Waals surface area (Å²) in [6, 6.07) is 0. The van der Waals surface area contributed by atoms with Crippen molar-refractivity contribution in [3.8, 4) is 0 Å². The zero-order valence-corrected chi connectivity index (χ0v) is 14.1. The van der Waals surface area contributed by atoms with Gasteiger partial charge in [-0.2, -0.15) is 0 Å². The Kier molecular flexibility index (Phi) is 6.47. The number of likely N-dealkylation sites (tertiary alicyclic amines) is 1. The quantitative estimate of drug-likeness (QED) is 0.678. The number of hydrogen-bond acceptors (Lipinski definition) is 2. The van der Waals surface area contributed by atoms with Gasteiger partial charge in [-0.3, -0.25) is 9.59 Å². The molecule has 1 saturated heterocycles. The van der Waals surface area contributed by atoms with Gasteiger partial charge in [0.2, 0.25) is 11.8 Å². The lowest BCUT2D eigenvalue weighted by atomic mass is 9.97. The number of nitrogens with zero attached hydrogens (tertiary/aromatic N) is 2. The van der Waals surface area contributed by atoms with E-state index >= 15 is 0 Å². The third-order valence-electron chi connectivity index (χ3n) is 4.87. The second-order valence-corrected chi connectivity index (χ2v) is 6.71. The first-order valence-electron chi connectivity index (χ1n) is 8.82. The molecular weight excluding hydrogens is 276 g/mol. The Labute approximate surface area is 134 Å². The minimum absolute atomic E-state index is 0.130. The molecule has 0 bridgehead atoms. The summed E-state index contributed by atoms with van der Waals surface area (Å²) in [5, 5.41) is 0. The van der Waals surface area contributed by atoms with E-state index in [1.54, 1.807) is 4.90 Å². The van der Waals surface area contributed by atoms with Gasteiger partial charge < -0.3 is 9.80 Å². The van der Waals surface area contributed by atoms with Crippen LogP contribution >= 0.6 is 0 Å². The van der Waals surface area contributed by atoms with Gasteiger partial charge in [0.05, 0.1) is 5.92 Å². The third-order valence-corrected chi connectivity index (χ3v) is 4.87. The monoisotopic (exact) mass is 306 g/mol. The molecule has 2 aliphatic rings. The second-order valence-electron chi connectivity index (χ2n) is 6.71. The standard InChI is InChI=1S/C18H30N2O2/c1-3-4-11-19(2)18(22)16-13-17(21)20(14-16)12-10-15-8-6-5-7-9-15/h8,16H,3-7,9-14H2,1-2H3. The lowest BCUT2D eigenvalue weighted by Gasteiger charge is -2.22. The first-order valence-corrected chi connectivity index (χ1v) is 8.82. The van der Waals surface area contributed by atoms with Gasteiger partial charge in [-0.25, -0.2) is 0 Å². The molecule has 4 heteroatoms. The SMILES string of the molecule is CCCCN(C)C(=O)C1CC(=O)N(CCC2=CCCCC2)C1. The Morgan fingerprint density at radius 3 is 2.91 bits per heavy atom. The van der Waals surface area contributed by atoms with Crippen molar-refractivity contribution < 1.29 is 9.59 Å². The summed E-state index contributed by atoms with van der Waals surface area (Å²) < 4.78 is 0. The minimum atomic E-state index is -0.130. The fourth-order valence-corrected chi connectivity index (χ4v) is 3.38. The lowest BCUT2D eigenvalue weighted by Crippen LogP contribution is -2.35. The summed E-state index contributed by atoms with van der Waals surface area (Å²) in [6.07, 6.45) is 10.8. The smallest absolute Gasteiger partial charge is 0.227 e. The van der Waals surface area contributed by atoms with Gasteiger partial charge >= 0.3 is 0 Å². The molecule has 0 aromatic heterocycles. The maximum atomic E-state index is 12.4. The number of allylic oxidation sites excluding steroid dienone is 1. The van der Waals surface area contributed by atoms with Crippen LogP contribution in [0.15, 0.2) is 11.6 Å². The number of amides is 2. The fourth-order valence-electron chi connectivity index (χ4n) is 3.38. The van der Waals surface area contributed by atoms with Gasteiger partial charge in [0, 0.05) is 33.1 Å². The van der Waals surface area contributed by atoms with E-state index in [0.29, 0.717) is 13.0 Å². The highest BCUT2D eigenvalue weighted by molar-refractivity contribution is 5.89. The van der Waals surface area contributed by atoms with Crippen LogP contribution in [-0.4, -0.2) is 48.3 Å². The van der Waals surface area contributed by atoms with E-state index in [1.807, 2.05) is 11.9 Å². The van der Waals surface area contributed by atoms with E-state index in [9.17, 15) is 9.59 Å². The van der Waals surface area contributed by atoms with Gasteiger partial charge in [-0.15, -0.1) is 0 Å². The highest BCUT2D eigenvalue weighted by Gasteiger charge is 2.35. The molecule has 1 aliphatic carbocycles. The molecule has 0 radical (unpaired) electrons. The Hall–Kier alpha value is -1.32. The molecule has 1 unspecified atom stereocenters. The van der Waals surface area contributed by atoms with Gasteiger partial charge in [0.25, 0.3) is 0 Å². The molecule has 1 aliphatic heterocycles. The van der Waals surface area contributed by atoms with Crippen molar-refractivity contribution in [2.45, 2.75) is 58.3 Å². The highest BCUT2D eigenvalue weighted by atomic mass is 16.2. The van der Waals surface area contributed by atoms with E-state index in [1.165, 1.54) is 31.3 Å². The minimum Gasteiger partial charge on any atom is -0.345 e. The molecule has 1 fully saturated rings. The number of hydrogen-bond donors (Lipinski definition) is 0. The molecule has 1 heterocycles. The van der Waals surface area contributed by atoms with Crippen LogP contribution in [0.2, 0.25) is 0 Å². The van der Waals surface area contributed by atoms with E-state index < -0.39 is 0 Å². The topological polar surface area (TPSA) is 40.6 Å². The maximum Gasteiger partial charge on any atom is 0.227 e. The van der Waals surface area contributed by atoms with Crippen LogP contribution in [0.5, 0.6) is 0 Å². The number of rotatable bonds is 7. The second kappa shape index (κ2) is 8.35. The van der Waals surface area contributed by atoms with E-state index in [0.717, 1.165) is 32.4 Å². The summed E-state index contributed by atoms with van der Waals surface area (Å²) in [7, 11) is 1.86. The normalized spacial score (nSPS) is 21.9. The molecule has 0 N–H and O–H groups in total. The number of carbonyl (C=O) groups excluding carboxylic acids is 2. The van der Waals surface area contributed by atoms with E-state index in [-0.39, 0.29) is 17.7 Å². The largest absolute Gasteiger partial charge is 0.345 e. The molecule has 0 aromatic carbocycles. The molecule has 22 heavy (non-hydrogen) atoms. The lowest BCUT2D eigenvalue weighted by molar-refractivity contribution is -0.134. The van der Waals surface area contributed by atoms with Crippen LogP contribution in [0, 0.1) is 5.92 Å². The van der Waals surface area contributed by atoms with E-state index in [4.69, 9.17) is 0 Å². The predicted molar refractivity (Wildman–Crippen MR) is 88.4 cm³/mol. The zero-order chi connectivity index (χ0) is 15.9. The summed E-state index contributed by atoms with van der Waals surface area (Å²) in [5.74, 6) is 0.162. The first kappa shape index (κ1) is 17.0. The van der Waals surface area contributed by atoms with Crippen LogP contribution in [0.4, 0.5) is 0 Å². The van der Waals surface area contributed by atoms with Crippen LogP contribution in [-0.2, 0) is 9.59 Å². The van der Waals surface area contributed by atoms with Crippen molar-refractivity contribution >= 4 is 11.8 Å². The van der Waals surface area contributed by atoms with Gasteiger partial charge in [-0.05, 0) is 38.5 Å². The molecule has 124 valence electrons. The Morgan fingerprint density at radius 1 is 1.41 bits per heavy atom. The maximum absolute atomic E-state index is 12.4. The molecule has 0 aromatic rings. The number of unbranched alkanes of at least 4 members (excludes halogenated alkanes) is 1. The Bertz CT molecular complexity index is 431. The highest BCUT2D eigenvalue weighted by Crippen LogP contribution is 2.24. The van der Waals surface area contributed by atoms with Crippen molar-refractivity contribution in [3.05, 3.63) is 11.6 Å².